The van der Waals surface area contributed by atoms with Gasteiger partial charge in [-0.05, 0) is 19.1 Å². The van der Waals surface area contributed by atoms with Crippen molar-refractivity contribution in [3.63, 3.8) is 0 Å². The zero-order chi connectivity index (χ0) is 13.7. The van der Waals surface area contributed by atoms with E-state index in [1.54, 1.807) is 6.08 Å². The fourth-order valence-corrected chi connectivity index (χ4v) is 1.80. The zero-order valence-corrected chi connectivity index (χ0v) is 10.8. The Hall–Kier alpha value is -2.21. The summed E-state index contributed by atoms with van der Waals surface area (Å²) in [5.41, 5.74) is 0.767. The van der Waals surface area contributed by atoms with Crippen molar-refractivity contribution in [1.82, 2.24) is 25.2 Å². The molecule has 1 amide bonds. The van der Waals surface area contributed by atoms with E-state index < -0.39 is 0 Å². The maximum atomic E-state index is 11.7. The number of rotatable bonds is 6. The SMILES string of the molecule is C=CCNCC(=O)NC(C)c1nnc2ccccn12. The number of aromatic nitrogens is 3. The molecule has 2 aromatic rings. The van der Waals surface area contributed by atoms with Crippen LogP contribution in [0, 0.1) is 0 Å². The summed E-state index contributed by atoms with van der Waals surface area (Å²) in [6.45, 7) is 6.33. The van der Waals surface area contributed by atoms with Crippen molar-refractivity contribution in [1.29, 1.82) is 0 Å². The van der Waals surface area contributed by atoms with E-state index in [9.17, 15) is 4.79 Å². The molecule has 0 spiro atoms. The van der Waals surface area contributed by atoms with Crippen LogP contribution in [0.3, 0.4) is 0 Å². The second-order valence-electron chi connectivity index (χ2n) is 4.20. The predicted molar refractivity (Wildman–Crippen MR) is 72.6 cm³/mol. The van der Waals surface area contributed by atoms with Gasteiger partial charge < -0.3 is 10.6 Å². The van der Waals surface area contributed by atoms with Gasteiger partial charge in [0.15, 0.2) is 11.5 Å². The van der Waals surface area contributed by atoms with Crippen LogP contribution in [-0.2, 0) is 4.79 Å². The van der Waals surface area contributed by atoms with E-state index in [1.807, 2.05) is 35.7 Å². The quantitative estimate of drug-likeness (QED) is 0.591. The predicted octanol–water partition coefficient (Wildman–Crippen LogP) is 0.682. The summed E-state index contributed by atoms with van der Waals surface area (Å²) >= 11 is 0. The summed E-state index contributed by atoms with van der Waals surface area (Å²) < 4.78 is 1.86. The smallest absolute Gasteiger partial charge is 0.234 e. The molecule has 0 aromatic carbocycles. The lowest BCUT2D eigenvalue weighted by molar-refractivity contribution is -0.120. The van der Waals surface area contributed by atoms with E-state index in [-0.39, 0.29) is 18.5 Å². The lowest BCUT2D eigenvalue weighted by Crippen LogP contribution is -2.36. The molecule has 2 aromatic heterocycles. The van der Waals surface area contributed by atoms with Crippen LogP contribution in [-0.4, -0.2) is 33.6 Å². The first-order chi connectivity index (χ1) is 9.22. The number of nitrogens with zero attached hydrogens (tertiary/aromatic N) is 3. The molecule has 1 unspecified atom stereocenters. The Kier molecular flexibility index (Phi) is 4.25. The Balaban J connectivity index is 2.01. The van der Waals surface area contributed by atoms with Crippen LogP contribution in [0.25, 0.3) is 5.65 Å². The summed E-state index contributed by atoms with van der Waals surface area (Å²) in [6, 6.07) is 5.47. The summed E-state index contributed by atoms with van der Waals surface area (Å²) in [7, 11) is 0. The Morgan fingerprint density at radius 1 is 1.53 bits per heavy atom. The molecule has 0 radical (unpaired) electrons. The molecule has 0 aliphatic heterocycles. The van der Waals surface area contributed by atoms with Gasteiger partial charge in [0.05, 0.1) is 12.6 Å². The lowest BCUT2D eigenvalue weighted by Gasteiger charge is -2.12. The van der Waals surface area contributed by atoms with Crippen molar-refractivity contribution in [3.8, 4) is 0 Å². The summed E-state index contributed by atoms with van der Waals surface area (Å²) in [4.78, 5) is 11.7. The molecule has 1 atom stereocenters. The number of pyridine rings is 1. The molecule has 0 aliphatic carbocycles. The van der Waals surface area contributed by atoms with Gasteiger partial charge in [0, 0.05) is 12.7 Å². The highest BCUT2D eigenvalue weighted by Gasteiger charge is 2.14. The van der Waals surface area contributed by atoms with E-state index in [0.717, 1.165) is 5.65 Å². The first-order valence-corrected chi connectivity index (χ1v) is 6.13. The van der Waals surface area contributed by atoms with E-state index >= 15 is 0 Å². The van der Waals surface area contributed by atoms with Crippen LogP contribution in [0.4, 0.5) is 0 Å². The van der Waals surface area contributed by atoms with Gasteiger partial charge in [0.1, 0.15) is 0 Å². The molecule has 2 heterocycles. The van der Waals surface area contributed by atoms with Crippen LogP contribution < -0.4 is 10.6 Å². The number of nitrogens with one attached hydrogen (secondary N) is 2. The van der Waals surface area contributed by atoms with E-state index in [1.165, 1.54) is 0 Å². The fraction of sp³-hybridized carbons (Fsp3) is 0.308. The summed E-state index contributed by atoms with van der Waals surface area (Å²) in [6.07, 6.45) is 3.59. The third kappa shape index (κ3) is 3.17. The maximum absolute atomic E-state index is 11.7. The summed E-state index contributed by atoms with van der Waals surface area (Å²) in [5, 5.41) is 14.0. The second kappa shape index (κ2) is 6.10. The molecule has 19 heavy (non-hydrogen) atoms. The average Bonchev–Trinajstić information content (AvgIpc) is 2.83. The highest BCUT2D eigenvalue weighted by Crippen LogP contribution is 2.11. The monoisotopic (exact) mass is 259 g/mol. The minimum absolute atomic E-state index is 0.0815. The summed E-state index contributed by atoms with van der Waals surface area (Å²) in [5.74, 6) is 0.634. The normalized spacial score (nSPS) is 12.3. The van der Waals surface area contributed by atoms with Gasteiger partial charge in [-0.25, -0.2) is 0 Å². The standard InChI is InChI=1S/C13H17N5O/c1-3-7-14-9-12(19)15-10(2)13-17-16-11-6-4-5-8-18(11)13/h3-6,8,10,14H,1,7,9H2,2H3,(H,15,19). The van der Waals surface area contributed by atoms with Crippen molar-refractivity contribution in [3.05, 3.63) is 42.9 Å². The fourth-order valence-electron chi connectivity index (χ4n) is 1.80. The Bertz CT molecular complexity index is 577. The minimum Gasteiger partial charge on any atom is -0.345 e. The number of fused-ring (bicyclic) bond motifs is 1. The third-order valence-corrected chi connectivity index (χ3v) is 2.68. The average molecular weight is 259 g/mol. The van der Waals surface area contributed by atoms with Crippen LogP contribution in [0.2, 0.25) is 0 Å². The Morgan fingerprint density at radius 3 is 3.16 bits per heavy atom. The molecular formula is C13H17N5O. The molecule has 0 aliphatic rings. The highest BCUT2D eigenvalue weighted by atomic mass is 16.2. The zero-order valence-electron chi connectivity index (χ0n) is 10.8. The van der Waals surface area contributed by atoms with Crippen LogP contribution in [0.5, 0.6) is 0 Å². The van der Waals surface area contributed by atoms with Gasteiger partial charge in [0.25, 0.3) is 0 Å². The van der Waals surface area contributed by atoms with Gasteiger partial charge in [-0.3, -0.25) is 9.20 Å². The number of hydrogen-bond acceptors (Lipinski definition) is 4. The van der Waals surface area contributed by atoms with E-state index in [2.05, 4.69) is 27.4 Å². The van der Waals surface area contributed by atoms with Crippen LogP contribution in [0.15, 0.2) is 37.1 Å². The van der Waals surface area contributed by atoms with Gasteiger partial charge in [-0.2, -0.15) is 0 Å². The topological polar surface area (TPSA) is 71.3 Å². The van der Waals surface area contributed by atoms with Gasteiger partial charge >= 0.3 is 0 Å². The molecule has 0 saturated heterocycles. The lowest BCUT2D eigenvalue weighted by atomic mass is 10.3. The molecule has 0 fully saturated rings. The van der Waals surface area contributed by atoms with Crippen LogP contribution >= 0.6 is 0 Å². The maximum Gasteiger partial charge on any atom is 0.234 e. The molecule has 100 valence electrons. The third-order valence-electron chi connectivity index (χ3n) is 2.68. The molecule has 2 N–H and O–H groups in total. The van der Waals surface area contributed by atoms with Crippen molar-refractivity contribution in [2.75, 3.05) is 13.1 Å². The molecule has 2 rings (SSSR count). The van der Waals surface area contributed by atoms with E-state index in [0.29, 0.717) is 12.4 Å². The molecule has 0 bridgehead atoms. The van der Waals surface area contributed by atoms with Gasteiger partial charge in [-0.1, -0.05) is 12.1 Å². The highest BCUT2D eigenvalue weighted by molar-refractivity contribution is 5.78. The van der Waals surface area contributed by atoms with Gasteiger partial charge in [0.2, 0.25) is 5.91 Å². The largest absolute Gasteiger partial charge is 0.345 e. The van der Waals surface area contributed by atoms with Crippen molar-refractivity contribution < 1.29 is 4.79 Å². The number of carbonyl (C=O) groups excluding carboxylic acids is 1. The number of carbonyl (C=O) groups is 1. The number of amides is 1. The molecule has 6 nitrogen and oxygen atoms in total. The van der Waals surface area contributed by atoms with Gasteiger partial charge in [-0.15, -0.1) is 16.8 Å². The molecule has 0 saturated carbocycles. The molecule has 6 heteroatoms. The van der Waals surface area contributed by atoms with E-state index in [4.69, 9.17) is 0 Å². The first-order valence-electron chi connectivity index (χ1n) is 6.13. The van der Waals surface area contributed by atoms with Crippen molar-refractivity contribution in [2.45, 2.75) is 13.0 Å². The Morgan fingerprint density at radius 2 is 2.37 bits per heavy atom. The number of hydrogen-bond donors (Lipinski definition) is 2. The second-order valence-corrected chi connectivity index (χ2v) is 4.20. The first kappa shape index (κ1) is 13.2. The minimum atomic E-state index is -0.199. The van der Waals surface area contributed by atoms with Crippen LogP contribution in [0.1, 0.15) is 18.8 Å². The van der Waals surface area contributed by atoms with Crippen molar-refractivity contribution in [2.24, 2.45) is 0 Å². The molecular weight excluding hydrogens is 242 g/mol. The van der Waals surface area contributed by atoms with Crippen molar-refractivity contribution >= 4 is 11.6 Å². The Labute approximate surface area is 111 Å².